The molecule has 0 aromatic heterocycles. The summed E-state index contributed by atoms with van der Waals surface area (Å²) in [7, 11) is 0. The Morgan fingerprint density at radius 2 is 1.28 bits per heavy atom. The highest BCUT2D eigenvalue weighted by Gasteiger charge is 2.24. The van der Waals surface area contributed by atoms with Crippen LogP contribution in [-0.4, -0.2) is 13.2 Å². The Bertz CT molecular complexity index is 587. The highest BCUT2D eigenvalue weighted by atomic mass is 16.5. The quantitative estimate of drug-likeness (QED) is 0.267. The summed E-state index contributed by atoms with van der Waals surface area (Å²) >= 11 is 0. The van der Waals surface area contributed by atoms with Gasteiger partial charge in [-0.2, -0.15) is 0 Å². The van der Waals surface area contributed by atoms with E-state index >= 15 is 0 Å². The van der Waals surface area contributed by atoms with Gasteiger partial charge >= 0.3 is 0 Å². The minimum Gasteiger partial charge on any atom is -0.494 e. The Hall–Kier alpha value is -1.18. The summed E-state index contributed by atoms with van der Waals surface area (Å²) < 4.78 is 12.1. The first-order valence-corrected chi connectivity index (χ1v) is 14.1. The lowest BCUT2D eigenvalue weighted by Crippen LogP contribution is -2.20. The van der Waals surface area contributed by atoms with E-state index < -0.39 is 0 Å². The van der Waals surface area contributed by atoms with Crippen LogP contribution in [0.1, 0.15) is 117 Å². The number of rotatable bonds is 14. The van der Waals surface area contributed by atoms with Crippen molar-refractivity contribution < 1.29 is 9.47 Å². The maximum Gasteiger partial charge on any atom is 0.119 e. The van der Waals surface area contributed by atoms with Crippen LogP contribution in [0, 0.1) is 23.7 Å². The molecule has 0 heterocycles. The van der Waals surface area contributed by atoms with Crippen LogP contribution >= 0.6 is 0 Å². The molecule has 0 amide bonds. The largest absolute Gasteiger partial charge is 0.494 e. The van der Waals surface area contributed by atoms with Gasteiger partial charge in [0, 0.05) is 0 Å². The van der Waals surface area contributed by atoms with E-state index in [4.69, 9.17) is 9.47 Å². The molecule has 0 aliphatic heterocycles. The average molecular weight is 443 g/mol. The topological polar surface area (TPSA) is 18.5 Å². The van der Waals surface area contributed by atoms with Crippen LogP contribution in [0.15, 0.2) is 24.3 Å². The fourth-order valence-corrected chi connectivity index (χ4v) is 5.93. The van der Waals surface area contributed by atoms with Gasteiger partial charge in [0.05, 0.1) is 13.2 Å². The van der Waals surface area contributed by atoms with Crippen LogP contribution in [0.25, 0.3) is 0 Å². The molecule has 2 aliphatic carbocycles. The van der Waals surface area contributed by atoms with Crippen molar-refractivity contribution >= 4 is 0 Å². The van der Waals surface area contributed by atoms with Crippen molar-refractivity contribution in [3.8, 4) is 11.5 Å². The van der Waals surface area contributed by atoms with Crippen molar-refractivity contribution in [1.82, 2.24) is 0 Å². The molecule has 2 fully saturated rings. The number of ether oxygens (including phenoxy) is 2. The smallest absolute Gasteiger partial charge is 0.119 e. The maximum absolute atomic E-state index is 6.06. The van der Waals surface area contributed by atoms with E-state index in [-0.39, 0.29) is 0 Å². The zero-order chi connectivity index (χ0) is 22.4. The Labute approximate surface area is 198 Å². The molecule has 0 saturated heterocycles. The van der Waals surface area contributed by atoms with Gasteiger partial charge in [-0.05, 0) is 73.6 Å². The molecule has 2 unspecified atom stereocenters. The molecular weight excluding hydrogens is 392 g/mol. The lowest BCUT2D eigenvalue weighted by atomic mass is 9.74. The van der Waals surface area contributed by atoms with Gasteiger partial charge in [0.2, 0.25) is 0 Å². The second-order valence-electron chi connectivity index (χ2n) is 10.9. The molecule has 182 valence electrons. The Morgan fingerprint density at radius 1 is 0.688 bits per heavy atom. The fraction of sp³-hybridized carbons (Fsp3) is 0.800. The number of hydrogen-bond donors (Lipinski definition) is 0. The second-order valence-corrected chi connectivity index (χ2v) is 10.9. The summed E-state index contributed by atoms with van der Waals surface area (Å²) in [6.07, 6.45) is 22.3. The highest BCUT2D eigenvalue weighted by molar-refractivity contribution is 5.31. The van der Waals surface area contributed by atoms with Gasteiger partial charge in [0.1, 0.15) is 11.5 Å². The normalized spacial score (nSPS) is 26.1. The van der Waals surface area contributed by atoms with Crippen molar-refractivity contribution in [1.29, 1.82) is 0 Å². The van der Waals surface area contributed by atoms with Gasteiger partial charge in [-0.25, -0.2) is 0 Å². The predicted octanol–water partition coefficient (Wildman–Crippen LogP) is 9.22. The Balaban J connectivity index is 1.28. The first-order valence-electron chi connectivity index (χ1n) is 14.1. The van der Waals surface area contributed by atoms with Gasteiger partial charge in [-0.15, -0.1) is 0 Å². The molecule has 0 N–H and O–H groups in total. The van der Waals surface area contributed by atoms with Gasteiger partial charge in [-0.1, -0.05) is 90.9 Å². The van der Waals surface area contributed by atoms with Crippen LogP contribution in [0.3, 0.4) is 0 Å². The van der Waals surface area contributed by atoms with Crippen LogP contribution in [0.5, 0.6) is 11.5 Å². The van der Waals surface area contributed by atoms with E-state index in [1.165, 1.54) is 103 Å². The summed E-state index contributed by atoms with van der Waals surface area (Å²) in [4.78, 5) is 0. The molecular formula is C30H50O2. The zero-order valence-electron chi connectivity index (χ0n) is 21.2. The van der Waals surface area contributed by atoms with E-state index in [9.17, 15) is 0 Å². The summed E-state index contributed by atoms with van der Waals surface area (Å²) in [5, 5.41) is 0. The SMILES string of the molecule is CCCCCCCC1CCCCC1CCCOc1ccc(OCC2CCC(C)CC2)cc1. The first-order chi connectivity index (χ1) is 15.7. The average Bonchev–Trinajstić information content (AvgIpc) is 2.83. The summed E-state index contributed by atoms with van der Waals surface area (Å²) in [6, 6.07) is 8.32. The molecule has 2 nitrogen and oxygen atoms in total. The van der Waals surface area contributed by atoms with Gasteiger partial charge < -0.3 is 9.47 Å². The molecule has 2 heteroatoms. The van der Waals surface area contributed by atoms with Crippen molar-refractivity contribution in [2.45, 2.75) is 117 Å². The Kier molecular flexibility index (Phi) is 11.8. The summed E-state index contributed by atoms with van der Waals surface area (Å²) in [5.41, 5.74) is 0. The lowest BCUT2D eigenvalue weighted by Gasteiger charge is -2.32. The lowest BCUT2D eigenvalue weighted by molar-refractivity contribution is 0.187. The molecule has 1 aromatic carbocycles. The summed E-state index contributed by atoms with van der Waals surface area (Å²) in [6.45, 7) is 6.40. The van der Waals surface area contributed by atoms with Gasteiger partial charge in [0.25, 0.3) is 0 Å². The highest BCUT2D eigenvalue weighted by Crippen LogP contribution is 2.36. The third-order valence-corrected chi connectivity index (χ3v) is 8.18. The van der Waals surface area contributed by atoms with E-state index in [0.717, 1.165) is 48.4 Å². The molecule has 0 radical (unpaired) electrons. The van der Waals surface area contributed by atoms with Gasteiger partial charge in [-0.3, -0.25) is 0 Å². The maximum atomic E-state index is 6.06. The van der Waals surface area contributed by atoms with E-state index in [1.807, 2.05) is 0 Å². The predicted molar refractivity (Wildman–Crippen MR) is 137 cm³/mol. The minimum absolute atomic E-state index is 0.738. The number of benzene rings is 1. The summed E-state index contributed by atoms with van der Waals surface area (Å²) in [5.74, 6) is 5.54. The molecule has 0 spiro atoms. The zero-order valence-corrected chi connectivity index (χ0v) is 21.2. The minimum atomic E-state index is 0.738. The van der Waals surface area contributed by atoms with Crippen LogP contribution in [0.4, 0.5) is 0 Å². The van der Waals surface area contributed by atoms with Crippen LogP contribution < -0.4 is 9.47 Å². The monoisotopic (exact) mass is 442 g/mol. The van der Waals surface area contributed by atoms with Crippen LogP contribution in [0.2, 0.25) is 0 Å². The van der Waals surface area contributed by atoms with Gasteiger partial charge in [0.15, 0.2) is 0 Å². The first kappa shape index (κ1) is 25.4. The second kappa shape index (κ2) is 14.9. The molecule has 0 bridgehead atoms. The van der Waals surface area contributed by atoms with Crippen molar-refractivity contribution in [3.05, 3.63) is 24.3 Å². The standard InChI is InChI=1S/C30H50O2/c1-3-4-5-6-7-11-27-12-8-9-13-28(27)14-10-23-31-29-19-21-30(22-20-29)32-24-26-17-15-25(2)16-18-26/h19-22,25-28H,3-18,23-24H2,1-2H3. The number of unbranched alkanes of at least 4 members (excludes halogenated alkanes) is 4. The van der Waals surface area contributed by atoms with Crippen molar-refractivity contribution in [2.75, 3.05) is 13.2 Å². The Morgan fingerprint density at radius 3 is 1.94 bits per heavy atom. The van der Waals surface area contributed by atoms with E-state index in [2.05, 4.69) is 38.1 Å². The molecule has 1 aromatic rings. The molecule has 2 aliphatic rings. The molecule has 2 atom stereocenters. The van der Waals surface area contributed by atoms with Crippen molar-refractivity contribution in [2.24, 2.45) is 23.7 Å². The number of hydrogen-bond acceptors (Lipinski definition) is 2. The molecule has 2 saturated carbocycles. The van der Waals surface area contributed by atoms with Crippen molar-refractivity contribution in [3.63, 3.8) is 0 Å². The van der Waals surface area contributed by atoms with Crippen LogP contribution in [-0.2, 0) is 0 Å². The fourth-order valence-electron chi connectivity index (χ4n) is 5.93. The van der Waals surface area contributed by atoms with E-state index in [1.54, 1.807) is 0 Å². The molecule has 32 heavy (non-hydrogen) atoms. The molecule has 3 rings (SSSR count). The van der Waals surface area contributed by atoms with E-state index in [0.29, 0.717) is 0 Å². The third-order valence-electron chi connectivity index (χ3n) is 8.18. The third kappa shape index (κ3) is 9.36.